The Morgan fingerprint density at radius 3 is 2.39 bits per heavy atom. The number of thioether (sulfide) groups is 2. The van der Waals surface area contributed by atoms with Crippen LogP contribution in [0, 0.1) is 0 Å². The number of benzene rings is 2. The zero-order valence-corrected chi connectivity index (χ0v) is 23.5. The molecule has 0 aliphatic carbocycles. The molecule has 0 saturated carbocycles. The highest BCUT2D eigenvalue weighted by Gasteiger charge is 2.18. The molecule has 0 amide bonds. The van der Waals surface area contributed by atoms with Gasteiger partial charge in [-0.2, -0.15) is 9.78 Å². The molecule has 3 heterocycles. The maximum atomic E-state index is 11.3. The Morgan fingerprint density at radius 2 is 1.68 bits per heavy atom. The lowest BCUT2D eigenvalue weighted by molar-refractivity contribution is -0.133. The molecule has 0 aliphatic rings. The number of nitrogens with zero attached hydrogens (tertiary/aromatic N) is 8. The van der Waals surface area contributed by atoms with Gasteiger partial charge in [-0.1, -0.05) is 53.9 Å². The van der Waals surface area contributed by atoms with E-state index in [2.05, 4.69) is 25.4 Å². The monoisotopic (exact) mass is 587 g/mol. The minimum atomic E-state index is -0.962. The Bertz CT molecular complexity index is 1640. The zero-order chi connectivity index (χ0) is 28.6. The summed E-state index contributed by atoms with van der Waals surface area (Å²) in [5, 5.41) is 32.2. The number of aliphatic carboxylic acids is 1. The maximum Gasteiger partial charge on any atom is 0.313 e. The highest BCUT2D eigenvalue weighted by molar-refractivity contribution is 7.99. The number of carbonyl (C=O) groups is 1. The highest BCUT2D eigenvalue weighted by Crippen LogP contribution is 2.27. The van der Waals surface area contributed by atoms with E-state index in [1.165, 1.54) is 16.4 Å². The number of hydrogen-bond acceptors (Lipinski definition) is 11. The van der Waals surface area contributed by atoms with Crippen molar-refractivity contribution in [2.24, 2.45) is 5.10 Å². The normalized spacial score (nSPS) is 11.5. The fraction of sp³-hybridized carbons (Fsp3) is 0.148. The smallest absolute Gasteiger partial charge is 0.313 e. The molecule has 0 atom stereocenters. The van der Waals surface area contributed by atoms with Crippen LogP contribution in [0.4, 0.5) is 0 Å². The van der Waals surface area contributed by atoms with Crippen molar-refractivity contribution in [1.82, 2.24) is 34.7 Å². The number of methoxy groups -OCH3 is 1. The Hall–Kier alpha value is -4.69. The number of carboxylic acids is 1. The fourth-order valence-corrected chi connectivity index (χ4v) is 5.20. The van der Waals surface area contributed by atoms with Gasteiger partial charge in [0.1, 0.15) is 5.75 Å². The van der Waals surface area contributed by atoms with E-state index in [1.807, 2.05) is 66.7 Å². The first kappa shape index (κ1) is 27.9. The first-order chi connectivity index (χ1) is 20.0. The molecule has 0 aliphatic heterocycles. The van der Waals surface area contributed by atoms with Crippen LogP contribution in [0.15, 0.2) is 94.5 Å². The van der Waals surface area contributed by atoms with Crippen LogP contribution < -0.4 is 10.6 Å². The van der Waals surface area contributed by atoms with Gasteiger partial charge in [-0.25, -0.2) is 4.68 Å². The molecule has 5 rings (SSSR count). The van der Waals surface area contributed by atoms with Crippen LogP contribution in [0.2, 0.25) is 0 Å². The molecular weight excluding hydrogens is 562 g/mol. The third-order valence-electron chi connectivity index (χ3n) is 5.77. The topological polar surface area (TPSA) is 159 Å². The minimum Gasteiger partial charge on any atom is -0.497 e. The van der Waals surface area contributed by atoms with E-state index in [-0.39, 0.29) is 5.75 Å². The summed E-state index contributed by atoms with van der Waals surface area (Å²) in [7, 11) is 1.60. The summed E-state index contributed by atoms with van der Waals surface area (Å²) in [6, 6.07) is 20.8. The number of aromatic nitrogens is 7. The van der Waals surface area contributed by atoms with Gasteiger partial charge in [-0.05, 0) is 42.0 Å². The molecule has 5 aromatic rings. The van der Waals surface area contributed by atoms with Gasteiger partial charge in [0.15, 0.2) is 11.6 Å². The summed E-state index contributed by atoms with van der Waals surface area (Å²) >= 11 is 2.50. The lowest BCUT2D eigenvalue weighted by Gasteiger charge is -2.10. The van der Waals surface area contributed by atoms with Crippen LogP contribution in [0.25, 0.3) is 22.8 Å². The second-order valence-electron chi connectivity index (χ2n) is 8.46. The summed E-state index contributed by atoms with van der Waals surface area (Å²) in [6.45, 7) is 0. The van der Waals surface area contributed by atoms with Crippen molar-refractivity contribution in [3.8, 4) is 28.5 Å². The van der Waals surface area contributed by atoms with Crippen molar-refractivity contribution in [3.05, 3.63) is 84.7 Å². The molecule has 14 heteroatoms. The van der Waals surface area contributed by atoms with Crippen molar-refractivity contribution in [3.63, 3.8) is 0 Å². The molecule has 12 nitrogen and oxygen atoms in total. The molecule has 3 aromatic heterocycles. The molecule has 0 fully saturated rings. The second kappa shape index (κ2) is 13.1. The lowest BCUT2D eigenvalue weighted by Crippen LogP contribution is -2.12. The number of nitrogen functional groups attached to an aromatic ring is 1. The highest BCUT2D eigenvalue weighted by atomic mass is 32.2. The number of carboxylic acid groups (broad SMARTS) is 1. The van der Waals surface area contributed by atoms with Crippen molar-refractivity contribution in [2.45, 2.75) is 16.7 Å². The maximum absolute atomic E-state index is 11.3. The summed E-state index contributed by atoms with van der Waals surface area (Å²) in [4.78, 5) is 15.4. The zero-order valence-electron chi connectivity index (χ0n) is 21.9. The third kappa shape index (κ3) is 6.73. The Labute approximate surface area is 243 Å². The van der Waals surface area contributed by atoms with Gasteiger partial charge >= 0.3 is 5.97 Å². The van der Waals surface area contributed by atoms with E-state index < -0.39 is 5.97 Å². The molecule has 41 heavy (non-hydrogen) atoms. The average Bonchev–Trinajstić information content (AvgIpc) is 3.59. The van der Waals surface area contributed by atoms with Crippen molar-refractivity contribution >= 4 is 35.2 Å². The number of nitrogens with two attached hydrogens (primary N) is 1. The molecule has 0 saturated heterocycles. The molecule has 3 N–H and O–H groups in total. The summed E-state index contributed by atoms with van der Waals surface area (Å²) in [5.41, 5.74) is 3.18. The van der Waals surface area contributed by atoms with Crippen LogP contribution in [0.1, 0.15) is 12.0 Å². The van der Waals surface area contributed by atoms with Crippen molar-refractivity contribution < 1.29 is 14.6 Å². The second-order valence-corrected chi connectivity index (χ2v) is 10.5. The molecule has 2 aromatic carbocycles. The summed E-state index contributed by atoms with van der Waals surface area (Å²) < 4.78 is 8.32. The molecule has 0 spiro atoms. The molecule has 0 bridgehead atoms. The number of ether oxygens (including phenoxy) is 1. The van der Waals surface area contributed by atoms with Crippen LogP contribution in [-0.4, -0.2) is 70.1 Å². The lowest BCUT2D eigenvalue weighted by atomic mass is 10.1. The van der Waals surface area contributed by atoms with Crippen molar-refractivity contribution in [1.29, 1.82) is 0 Å². The Morgan fingerprint density at radius 1 is 0.927 bits per heavy atom. The summed E-state index contributed by atoms with van der Waals surface area (Å²) in [5.74, 6) is 7.43. The van der Waals surface area contributed by atoms with Gasteiger partial charge in [-0.15, -0.1) is 20.4 Å². The fourth-order valence-electron chi connectivity index (χ4n) is 3.80. The predicted octanol–water partition coefficient (Wildman–Crippen LogP) is 3.93. The standard InChI is InChI=1S/C27H25N9O3S2/c1-39-21-11-9-19(10-12-21)25-31-33-27(41-17-23(37)38)36(25)34-22(18-6-3-2-4-7-18)13-15-40-26-32-30-24(35(26)28)20-8-5-14-29-16-20/h2-12,14,16H,13,15,17,28H2,1H3,(H,37,38)/b34-22+. The largest absolute Gasteiger partial charge is 0.497 e. The number of rotatable bonds is 12. The van der Waals surface area contributed by atoms with Crippen LogP contribution in [0.3, 0.4) is 0 Å². The van der Waals surface area contributed by atoms with E-state index in [4.69, 9.17) is 15.7 Å². The first-order valence-corrected chi connectivity index (χ1v) is 14.3. The predicted molar refractivity (Wildman–Crippen MR) is 157 cm³/mol. The van der Waals surface area contributed by atoms with Gasteiger partial charge in [0.05, 0.1) is 18.6 Å². The third-order valence-corrected chi connectivity index (χ3v) is 7.62. The van der Waals surface area contributed by atoms with E-state index >= 15 is 0 Å². The number of hydrogen-bond donors (Lipinski definition) is 2. The SMILES string of the molecule is COc1ccc(-c2nnc(SCC(=O)O)n2/N=C(\CCSc2nnc(-c3cccnc3)n2N)c2ccccc2)cc1. The molecule has 0 radical (unpaired) electrons. The van der Waals surface area contributed by atoms with Gasteiger partial charge in [0.2, 0.25) is 10.3 Å². The van der Waals surface area contributed by atoms with E-state index in [0.717, 1.165) is 34.2 Å². The summed E-state index contributed by atoms with van der Waals surface area (Å²) in [6.07, 6.45) is 3.90. The van der Waals surface area contributed by atoms with Gasteiger partial charge < -0.3 is 15.7 Å². The van der Waals surface area contributed by atoms with Crippen LogP contribution in [-0.2, 0) is 4.79 Å². The van der Waals surface area contributed by atoms with Gasteiger partial charge in [0.25, 0.3) is 0 Å². The minimum absolute atomic E-state index is 0.182. The van der Waals surface area contributed by atoms with Gasteiger partial charge in [0, 0.05) is 35.7 Å². The van der Waals surface area contributed by atoms with Gasteiger partial charge in [-0.3, -0.25) is 9.78 Å². The van der Waals surface area contributed by atoms with Crippen molar-refractivity contribution in [2.75, 3.05) is 24.5 Å². The average molecular weight is 588 g/mol. The van der Waals surface area contributed by atoms with E-state index in [9.17, 15) is 9.90 Å². The molecular formula is C27H25N9O3S2. The number of pyridine rings is 1. The van der Waals surface area contributed by atoms with E-state index in [0.29, 0.717) is 39.9 Å². The van der Waals surface area contributed by atoms with E-state index in [1.54, 1.807) is 24.2 Å². The molecule has 208 valence electrons. The Kier molecular flexibility index (Phi) is 8.91. The quantitative estimate of drug-likeness (QED) is 0.124. The van der Waals surface area contributed by atoms with Crippen LogP contribution in [0.5, 0.6) is 5.75 Å². The molecule has 0 unspecified atom stereocenters. The first-order valence-electron chi connectivity index (χ1n) is 12.3. The Balaban J connectivity index is 1.45. The van der Waals surface area contributed by atoms with Crippen LogP contribution >= 0.6 is 23.5 Å².